The Kier molecular flexibility index (Phi) is 43.7. The van der Waals surface area contributed by atoms with Gasteiger partial charge in [0.1, 0.15) is 256 Å². The van der Waals surface area contributed by atoms with E-state index in [-0.39, 0.29) is 0 Å². The summed E-state index contributed by atoms with van der Waals surface area (Å²) in [4.78, 5) is 103. The molecule has 36 N–H and O–H groups in total. The lowest BCUT2D eigenvalue weighted by atomic mass is 9.88. The summed E-state index contributed by atoms with van der Waals surface area (Å²) < 4.78 is 127. The maximum Gasteiger partial charge on any atom is 0.364 e. The third-order valence-corrected chi connectivity index (χ3v) is 26.7. The lowest BCUT2D eigenvalue weighted by Gasteiger charge is -2.51. The second-order valence-corrected chi connectivity index (χ2v) is 37.5. The van der Waals surface area contributed by atoms with Crippen molar-refractivity contribution in [1.29, 1.82) is 0 Å². The van der Waals surface area contributed by atoms with Crippen molar-refractivity contribution in [2.45, 2.75) is 405 Å². The first-order valence-electron chi connectivity index (χ1n) is 47.1. The number of rotatable bonds is 40. The van der Waals surface area contributed by atoms with Crippen LogP contribution in [0.4, 0.5) is 0 Å². The summed E-state index contributed by atoms with van der Waals surface area (Å²) in [6.45, 7) is -4.17. The monoisotopic (exact) mass is 2160 g/mol. The number of amides is 7. The van der Waals surface area contributed by atoms with Crippen molar-refractivity contribution in [3.8, 4) is 0 Å². The number of carbonyl (C=O) groups excluding carboxylic acids is 7. The van der Waals surface area contributed by atoms with Crippen LogP contribution in [-0.4, -0.2) is 604 Å². The van der Waals surface area contributed by atoms with Gasteiger partial charge in [-0.25, -0.2) is 4.79 Å². The molecule has 0 bridgehead atoms. The Hall–Kier alpha value is -6.20. The zero-order valence-corrected chi connectivity index (χ0v) is 80.3. The quantitative estimate of drug-likeness (QED) is 0.0271. The van der Waals surface area contributed by atoms with Gasteiger partial charge in [0.15, 0.2) is 62.9 Å². The van der Waals surface area contributed by atoms with E-state index in [1.807, 2.05) is 0 Å². The molecule has 0 aliphatic carbocycles. The van der Waals surface area contributed by atoms with Crippen LogP contribution in [0.25, 0.3) is 0 Å². The largest absolute Gasteiger partial charge is 0.477 e. The molecule has 11 saturated heterocycles. The highest BCUT2D eigenvalue weighted by Gasteiger charge is 2.64. The molecule has 11 rings (SSSR count). The fraction of sp³-hybridized carbons (Fsp3) is 0.904. The van der Waals surface area contributed by atoms with Gasteiger partial charge in [-0.1, -0.05) is 0 Å². The van der Waals surface area contributed by atoms with Gasteiger partial charge in [-0.15, -0.1) is 0 Å². The molecular formula is C83H137N7O58. The molecule has 0 spiro atoms. The highest BCUT2D eigenvalue weighted by molar-refractivity contribution is 5.77. The molecule has 852 valence electrons. The third kappa shape index (κ3) is 27.7. The molecule has 0 unspecified atom stereocenters. The van der Waals surface area contributed by atoms with Gasteiger partial charge in [-0.05, 0) is 6.92 Å². The lowest BCUT2D eigenvalue weighted by molar-refractivity contribution is -0.398. The second-order valence-electron chi connectivity index (χ2n) is 37.5. The first-order valence-corrected chi connectivity index (χ1v) is 47.1. The minimum Gasteiger partial charge on any atom is -0.477 e. The summed E-state index contributed by atoms with van der Waals surface area (Å²) in [7, 11) is 0. The van der Waals surface area contributed by atoms with Crippen LogP contribution in [0, 0.1) is 0 Å². The highest BCUT2D eigenvalue weighted by atomic mass is 16.8. The van der Waals surface area contributed by atoms with Crippen LogP contribution < -0.4 is 37.2 Å². The lowest BCUT2D eigenvalue weighted by Crippen LogP contribution is -2.71. The average molecular weight is 2160 g/mol. The second kappa shape index (κ2) is 53.0. The van der Waals surface area contributed by atoms with Crippen molar-refractivity contribution >= 4 is 47.3 Å². The van der Waals surface area contributed by atoms with E-state index >= 15 is 0 Å². The number of aliphatic hydroxyl groups excluding tert-OH is 28. The molecule has 0 saturated carbocycles. The fourth-order valence-electron chi connectivity index (χ4n) is 19.1. The van der Waals surface area contributed by atoms with Crippen molar-refractivity contribution in [2.24, 2.45) is 0 Å². The first-order chi connectivity index (χ1) is 69.7. The van der Waals surface area contributed by atoms with Crippen LogP contribution in [0.3, 0.4) is 0 Å². The molecule has 56 atom stereocenters. The highest BCUT2D eigenvalue weighted by Crippen LogP contribution is 2.43. The normalized spacial score (nSPS) is 46.5. The summed E-state index contributed by atoms with van der Waals surface area (Å²) in [5, 5.41) is 346. The number of carboxylic acids is 1. The number of aliphatic carboxylic acids is 1. The molecule has 65 heteroatoms. The number of nitrogens with one attached hydrogen (secondary N) is 7. The van der Waals surface area contributed by atoms with Crippen molar-refractivity contribution < 1.29 is 286 Å². The molecule has 65 nitrogen and oxygen atoms in total. The van der Waals surface area contributed by atoms with Crippen LogP contribution in [-0.2, 0) is 138 Å². The molecule has 148 heavy (non-hydrogen) atoms. The summed E-state index contributed by atoms with van der Waals surface area (Å²) in [5.41, 5.74) is 0. The number of carboxylic acid groups (broad SMARTS) is 1. The smallest absolute Gasteiger partial charge is 0.364 e. The van der Waals surface area contributed by atoms with Gasteiger partial charge in [0.2, 0.25) is 41.4 Å². The summed E-state index contributed by atoms with van der Waals surface area (Å²) >= 11 is 0. The summed E-state index contributed by atoms with van der Waals surface area (Å²) in [6, 6.07) is -13.5. The first kappa shape index (κ1) is 122. The number of aliphatic hydroxyl groups is 28. The van der Waals surface area contributed by atoms with Crippen LogP contribution in [0.15, 0.2) is 0 Å². The number of hydrogen-bond acceptors (Lipinski definition) is 57. The molecule has 0 aromatic carbocycles. The molecule has 0 aromatic heterocycles. The minimum atomic E-state index is -3.14. The molecule has 0 radical (unpaired) electrons. The van der Waals surface area contributed by atoms with Crippen molar-refractivity contribution in [2.75, 3.05) is 66.1 Å². The molecule has 11 aliphatic heterocycles. The van der Waals surface area contributed by atoms with E-state index in [1.54, 1.807) is 0 Å². The standard InChI is InChI=1S/C83H137N7O58/c1-20-46(107)59(120)62(123)78(131-20)128-18-38-67(55(116)40(72(125)132-38)85-22(3)99)143-75-43(88-25(6)102)58(119)66(35(16-97)136-75)144-79-63(124)69(52(113)36(140-79)17-129-80-70(60(121)49(110)31(12-93)134-80)146-76-44(89-26(7)103)56(117)64(33(14-95)137-76)141-73-41(86-23(4)100)53(114)48(109)30(11-92)133-73)145-81-71(61(122)50(111)32(13-94)135-81)147-77-45(90-27(8)104)57(118)65(34(15-96)138-77)142-74-42(87-24(5)101)54(115)51(112)37(139-74)19-130-83(82(126)127)9-28(105)39(84-21(2)98)68(148-83)47(108)29(106)10-91/h20,28-81,91-97,105-125H,9-19H2,1-8H3,(H,84,98)(H,85,99)(H,86,100)(H,87,101)(H,88,102)(H,89,103)(H,90,104)(H,126,127)/t20-,28-,29+,30+,31+,32+,33+,34+,35+,36+,37+,38+,39+,40+,41+,42+,43+,44+,45+,46+,47+,48-,49+,50+,51-,52+,53+,54+,55+,56+,57+,58+,59+,60-,61-,62-,63-,64+,65+,66+,67+,68+,69-,70-,71-,72+,73-,74-,75-,76-,77-,78+,79-,80-,81+,83+/m0/s1. The van der Waals surface area contributed by atoms with E-state index in [2.05, 4.69) is 37.2 Å². The van der Waals surface area contributed by atoms with Crippen molar-refractivity contribution in [3.63, 3.8) is 0 Å². The summed E-state index contributed by atoms with van der Waals surface area (Å²) in [5.74, 6) is -11.9. The molecule has 11 fully saturated rings. The molecule has 7 amide bonds. The number of carbonyl (C=O) groups is 8. The topological polar surface area (TPSA) is 1000 Å². The van der Waals surface area contributed by atoms with Crippen molar-refractivity contribution in [1.82, 2.24) is 37.2 Å². The van der Waals surface area contributed by atoms with Gasteiger partial charge in [0.25, 0.3) is 5.79 Å². The fourth-order valence-corrected chi connectivity index (χ4v) is 19.1. The van der Waals surface area contributed by atoms with E-state index < -0.39 is 463 Å². The number of hydrogen-bond donors (Lipinski definition) is 36. The Labute approximate surface area is 838 Å². The van der Waals surface area contributed by atoms with E-state index in [0.717, 1.165) is 48.5 Å². The Morgan fingerprint density at radius 3 is 1.01 bits per heavy atom. The predicted molar refractivity (Wildman–Crippen MR) is 459 cm³/mol. The van der Waals surface area contributed by atoms with Gasteiger partial charge >= 0.3 is 5.97 Å². The van der Waals surface area contributed by atoms with Crippen LogP contribution in [0.1, 0.15) is 61.8 Å². The third-order valence-electron chi connectivity index (χ3n) is 26.7. The molecule has 0 aromatic rings. The molecular weight excluding hydrogens is 2020 g/mol. The zero-order chi connectivity index (χ0) is 109. The van der Waals surface area contributed by atoms with Gasteiger partial charge in [-0.2, -0.15) is 0 Å². The maximum atomic E-state index is 13.4. The van der Waals surface area contributed by atoms with Gasteiger partial charge in [0, 0.05) is 54.9 Å². The number of ether oxygens (including phenoxy) is 21. The Morgan fingerprint density at radius 1 is 0.291 bits per heavy atom. The SMILES string of the molecule is CC(=O)N[C@@H]1[C@@H](O)[C@H](O[C@@H]2O[C@H](CO)[C@@H](O[C@@H]3O[C@H](CO[C@H]4O[C@H](CO)[C@@H](O)[C@H](O)[C@@H]4O[C@@H]4O[C@H](CO)[C@@H](O[C@@H]5O[C@H](CO)[C@H](O)[C@H](O)[C@H]5NC(C)=O)[C@H](O)[C@H]4NC(C)=O)[C@@H](O)[C@H](O[C@H]4O[C@H](CO)[C@@H](O)[C@H](O)[C@@H]4O[C@@H]4O[C@H](CO)[C@@H](O[C@@H]5O[C@H](CO[C@]6(C(=O)O)C[C@H](O)[C@@H](NC(C)=O)[C@H]([C@H](O)[C@H](O)CO)O6)[C@H](O)[C@H](O)[C@H]5NC(C)=O)[C@H](O)[C@H]4NC(C)=O)[C@@H]3O)[C@H](O)[C@H]2NC(C)=O)[C@@H](CO[C@@H]2O[C@@H](C)[C@@H](O)[C@@H](O)[C@@H]2O)O[C@H]1O. The summed E-state index contributed by atoms with van der Waals surface area (Å²) in [6.07, 6.45) is -105. The van der Waals surface area contributed by atoms with Gasteiger partial charge < -0.3 is 285 Å². The average Bonchev–Trinajstić information content (AvgIpc) is 0.765. The molecule has 11 aliphatic rings. The maximum absolute atomic E-state index is 13.4. The Morgan fingerprint density at radius 2 is 0.601 bits per heavy atom. The van der Waals surface area contributed by atoms with Crippen LogP contribution in [0.5, 0.6) is 0 Å². The Bertz CT molecular complexity index is 4280. The van der Waals surface area contributed by atoms with Gasteiger partial charge in [-0.3, -0.25) is 33.6 Å². The van der Waals surface area contributed by atoms with E-state index in [9.17, 15) is 186 Å². The van der Waals surface area contributed by atoms with Crippen molar-refractivity contribution in [3.05, 3.63) is 0 Å². The van der Waals surface area contributed by atoms with E-state index in [1.165, 1.54) is 6.92 Å². The predicted octanol–water partition coefficient (Wildman–Crippen LogP) is -23.7. The minimum absolute atomic E-state index is 0.835. The van der Waals surface area contributed by atoms with Crippen LogP contribution in [0.2, 0.25) is 0 Å². The van der Waals surface area contributed by atoms with Gasteiger partial charge in [0.05, 0.1) is 84.3 Å². The zero-order valence-electron chi connectivity index (χ0n) is 80.3. The Balaban J connectivity index is 0.924. The van der Waals surface area contributed by atoms with E-state index in [4.69, 9.17) is 99.5 Å². The van der Waals surface area contributed by atoms with Crippen LogP contribution >= 0.6 is 0 Å². The molecule has 11 heterocycles. The van der Waals surface area contributed by atoms with E-state index in [0.29, 0.717) is 0 Å².